The molecule has 0 heterocycles. The van der Waals surface area contributed by atoms with Crippen molar-refractivity contribution < 1.29 is 5.32 Å². The Morgan fingerprint density at radius 3 is 2.71 bits per heavy atom. The second-order valence-corrected chi connectivity index (χ2v) is 5.56. The van der Waals surface area contributed by atoms with Crippen LogP contribution in [0.3, 0.4) is 0 Å². The summed E-state index contributed by atoms with van der Waals surface area (Å²) in [6.45, 7) is 5.50. The van der Waals surface area contributed by atoms with Crippen LogP contribution in [0.1, 0.15) is 13.8 Å². The van der Waals surface area contributed by atoms with Gasteiger partial charge in [0.2, 0.25) is 0 Å². The van der Waals surface area contributed by atoms with Gasteiger partial charge in [-0.3, -0.25) is 0 Å². The number of quaternary nitrogens is 1. The molecule has 1 aromatic rings. The molecule has 1 rings (SSSR count). The summed E-state index contributed by atoms with van der Waals surface area (Å²) >= 11 is 3.92. The van der Waals surface area contributed by atoms with Crippen LogP contribution in [0.25, 0.3) is 0 Å². The topological polar surface area (TPSA) is 16.6 Å². The van der Waals surface area contributed by atoms with Gasteiger partial charge in [0.15, 0.2) is 0 Å². The third-order valence-corrected chi connectivity index (χ3v) is 4.07. The minimum absolute atomic E-state index is 1.11. The predicted molar refractivity (Wildman–Crippen MR) is 67.4 cm³/mol. The summed E-state index contributed by atoms with van der Waals surface area (Å²) in [4.78, 5) is 1.41. The summed E-state index contributed by atoms with van der Waals surface area (Å²) in [5, 5.41) is 3.45. The van der Waals surface area contributed by atoms with Gasteiger partial charge in [-0.25, -0.2) is 0 Å². The van der Waals surface area contributed by atoms with Gasteiger partial charge in [0.1, 0.15) is 5.69 Å². The summed E-state index contributed by atoms with van der Waals surface area (Å²) in [6.07, 6.45) is 0. The lowest BCUT2D eigenvalue weighted by atomic mass is 10.3. The fraction of sp³-hybridized carbons (Fsp3) is 0.455. The van der Waals surface area contributed by atoms with Gasteiger partial charge in [-0.05, 0) is 18.7 Å². The van der Waals surface area contributed by atoms with Crippen LogP contribution < -0.4 is 5.32 Å². The van der Waals surface area contributed by atoms with Gasteiger partial charge < -0.3 is 5.32 Å². The van der Waals surface area contributed by atoms with E-state index in [1.165, 1.54) is 16.3 Å². The second kappa shape index (κ2) is 7.21. The quantitative estimate of drug-likeness (QED) is 0.349. The van der Waals surface area contributed by atoms with Gasteiger partial charge in [0.25, 0.3) is 0 Å². The zero-order valence-electron chi connectivity index (χ0n) is 8.82. The van der Waals surface area contributed by atoms with Gasteiger partial charge in [-0.15, -0.1) is 11.8 Å². The highest BCUT2D eigenvalue weighted by atomic mass is 32.2. The van der Waals surface area contributed by atoms with Crippen molar-refractivity contribution in [3.63, 3.8) is 0 Å². The van der Waals surface area contributed by atoms with Crippen molar-refractivity contribution in [3.8, 4) is 0 Å². The predicted octanol–water partition coefficient (Wildman–Crippen LogP) is 2.70. The van der Waals surface area contributed by atoms with E-state index in [2.05, 4.69) is 43.4 Å². The van der Waals surface area contributed by atoms with E-state index in [1.54, 1.807) is 0 Å². The SMILES string of the molecule is CC[NH2+]c1ccccc1SCSCC. The molecule has 0 aliphatic carbocycles. The van der Waals surface area contributed by atoms with Gasteiger partial charge in [-0.1, -0.05) is 19.1 Å². The summed E-state index contributed by atoms with van der Waals surface area (Å²) in [7, 11) is 0. The maximum absolute atomic E-state index is 2.29. The van der Waals surface area contributed by atoms with Gasteiger partial charge in [0.05, 0.1) is 11.4 Å². The molecule has 78 valence electrons. The summed E-state index contributed by atoms with van der Waals surface area (Å²) < 4.78 is 0. The zero-order valence-corrected chi connectivity index (χ0v) is 10.5. The van der Waals surface area contributed by atoms with Crippen molar-refractivity contribution in [2.24, 2.45) is 0 Å². The summed E-state index contributed by atoms with van der Waals surface area (Å²) in [5.74, 6) is 1.20. The molecular weight excluding hydrogens is 210 g/mol. The first kappa shape index (κ1) is 12.0. The Morgan fingerprint density at radius 1 is 1.21 bits per heavy atom. The van der Waals surface area contributed by atoms with E-state index in [0.29, 0.717) is 0 Å². The first-order valence-corrected chi connectivity index (χ1v) is 7.15. The van der Waals surface area contributed by atoms with Crippen LogP contribution in [0, 0.1) is 0 Å². The lowest BCUT2D eigenvalue weighted by Crippen LogP contribution is -2.77. The van der Waals surface area contributed by atoms with Crippen molar-refractivity contribution in [2.45, 2.75) is 18.7 Å². The van der Waals surface area contributed by atoms with Crippen LogP contribution in [0.15, 0.2) is 29.2 Å². The Balaban J connectivity index is 2.55. The van der Waals surface area contributed by atoms with E-state index in [0.717, 1.165) is 11.6 Å². The number of hydrogen-bond donors (Lipinski definition) is 1. The molecule has 0 saturated carbocycles. The number of para-hydroxylation sites is 1. The number of rotatable bonds is 6. The number of benzene rings is 1. The van der Waals surface area contributed by atoms with Crippen molar-refractivity contribution in [1.29, 1.82) is 0 Å². The molecule has 0 bridgehead atoms. The minimum Gasteiger partial charge on any atom is -0.313 e. The van der Waals surface area contributed by atoms with Crippen molar-refractivity contribution >= 4 is 29.2 Å². The molecule has 3 heteroatoms. The third-order valence-electron chi connectivity index (χ3n) is 1.84. The molecule has 1 nitrogen and oxygen atoms in total. The second-order valence-electron chi connectivity index (χ2n) is 2.91. The Hall–Kier alpha value is -0.120. The third kappa shape index (κ3) is 3.95. The Morgan fingerprint density at radius 2 is 2.00 bits per heavy atom. The molecule has 1 aromatic carbocycles. The largest absolute Gasteiger partial charge is 0.313 e. The highest BCUT2D eigenvalue weighted by molar-refractivity contribution is 8.16. The number of nitrogens with two attached hydrogens (primary N) is 1. The van der Waals surface area contributed by atoms with Gasteiger partial charge >= 0.3 is 0 Å². The number of thioether (sulfide) groups is 2. The molecule has 0 aromatic heterocycles. The van der Waals surface area contributed by atoms with E-state index >= 15 is 0 Å². The minimum atomic E-state index is 1.11. The normalized spacial score (nSPS) is 10.4. The monoisotopic (exact) mass is 228 g/mol. The molecule has 0 amide bonds. The Bertz CT molecular complexity index is 263. The lowest BCUT2D eigenvalue weighted by Gasteiger charge is -2.05. The van der Waals surface area contributed by atoms with Crippen LogP contribution in [-0.4, -0.2) is 17.4 Å². The van der Waals surface area contributed by atoms with Crippen molar-refractivity contribution in [1.82, 2.24) is 0 Å². The molecule has 0 saturated heterocycles. The molecular formula is C11H18NS2+. The standard InChI is InChI=1S/C11H17NS2/c1-3-12-10-7-5-6-8-11(10)14-9-13-4-2/h5-8,12H,3-4,9H2,1-2H3/p+1. The van der Waals surface area contributed by atoms with E-state index in [4.69, 9.17) is 0 Å². The molecule has 0 aliphatic rings. The molecule has 14 heavy (non-hydrogen) atoms. The van der Waals surface area contributed by atoms with Crippen molar-refractivity contribution in [3.05, 3.63) is 24.3 Å². The van der Waals surface area contributed by atoms with Crippen LogP contribution in [0.4, 0.5) is 5.69 Å². The fourth-order valence-corrected chi connectivity index (χ4v) is 3.19. The van der Waals surface area contributed by atoms with Crippen LogP contribution in [0.5, 0.6) is 0 Å². The Labute approximate surface area is 95.1 Å². The van der Waals surface area contributed by atoms with Gasteiger partial charge in [0, 0.05) is 11.2 Å². The van der Waals surface area contributed by atoms with Crippen LogP contribution in [-0.2, 0) is 0 Å². The zero-order chi connectivity index (χ0) is 10.2. The maximum atomic E-state index is 2.29. The van der Waals surface area contributed by atoms with E-state index in [-0.39, 0.29) is 0 Å². The average Bonchev–Trinajstić information content (AvgIpc) is 2.21. The molecule has 0 spiro atoms. The molecule has 0 atom stereocenters. The molecule has 0 unspecified atom stereocenters. The molecule has 0 radical (unpaired) electrons. The Kier molecular flexibility index (Phi) is 6.15. The van der Waals surface area contributed by atoms with E-state index in [1.807, 2.05) is 23.5 Å². The van der Waals surface area contributed by atoms with E-state index < -0.39 is 0 Å². The summed E-state index contributed by atoms with van der Waals surface area (Å²) in [6, 6.07) is 8.63. The van der Waals surface area contributed by atoms with E-state index in [9.17, 15) is 0 Å². The van der Waals surface area contributed by atoms with Gasteiger partial charge in [-0.2, -0.15) is 11.8 Å². The number of hydrogen-bond acceptors (Lipinski definition) is 2. The molecule has 2 N–H and O–H groups in total. The lowest BCUT2D eigenvalue weighted by molar-refractivity contribution is -0.570. The molecule has 0 aliphatic heterocycles. The smallest absolute Gasteiger partial charge is 0.143 e. The van der Waals surface area contributed by atoms with Crippen LogP contribution in [0.2, 0.25) is 0 Å². The average molecular weight is 228 g/mol. The van der Waals surface area contributed by atoms with Crippen LogP contribution >= 0.6 is 23.5 Å². The first-order chi connectivity index (χ1) is 6.88. The molecule has 0 fully saturated rings. The summed E-state index contributed by atoms with van der Waals surface area (Å²) in [5.41, 5.74) is 1.39. The highest BCUT2D eigenvalue weighted by Crippen LogP contribution is 2.26. The first-order valence-electron chi connectivity index (χ1n) is 5.01. The fourth-order valence-electron chi connectivity index (χ4n) is 1.19. The highest BCUT2D eigenvalue weighted by Gasteiger charge is 2.03. The van der Waals surface area contributed by atoms with Crippen molar-refractivity contribution in [2.75, 3.05) is 17.4 Å². The maximum Gasteiger partial charge on any atom is 0.143 e.